The van der Waals surface area contributed by atoms with E-state index in [1.807, 2.05) is 24.3 Å². The van der Waals surface area contributed by atoms with Crippen molar-refractivity contribution in [3.8, 4) is 5.75 Å². The summed E-state index contributed by atoms with van der Waals surface area (Å²) in [6.07, 6.45) is 0. The summed E-state index contributed by atoms with van der Waals surface area (Å²) >= 11 is 7.44. The van der Waals surface area contributed by atoms with E-state index in [2.05, 4.69) is 36.2 Å². The van der Waals surface area contributed by atoms with E-state index in [0.29, 0.717) is 15.9 Å². The predicted molar refractivity (Wildman–Crippen MR) is 118 cm³/mol. The van der Waals surface area contributed by atoms with E-state index in [1.165, 1.54) is 11.1 Å². The van der Waals surface area contributed by atoms with Crippen molar-refractivity contribution >= 4 is 40.3 Å². The molecule has 0 N–H and O–H groups in total. The van der Waals surface area contributed by atoms with Crippen LogP contribution in [-0.4, -0.2) is 22.1 Å². The van der Waals surface area contributed by atoms with Gasteiger partial charge in [0.15, 0.2) is 11.8 Å². The van der Waals surface area contributed by atoms with Crippen molar-refractivity contribution in [1.82, 2.24) is 9.55 Å². The molecule has 0 fully saturated rings. The molecule has 0 spiro atoms. The molecule has 1 heterocycles. The van der Waals surface area contributed by atoms with Crippen LogP contribution < -0.4 is 4.74 Å². The smallest absolute Gasteiger partial charge is 0.271 e. The normalized spacial score (nSPS) is 11.0. The van der Waals surface area contributed by atoms with Crippen LogP contribution in [0.25, 0.3) is 11.0 Å². The van der Waals surface area contributed by atoms with Crippen LogP contribution in [-0.2, 0) is 5.75 Å². The van der Waals surface area contributed by atoms with Gasteiger partial charge in [0.05, 0.1) is 11.0 Å². The number of hydrogen-bond acceptors (Lipinski definition) is 4. The fourth-order valence-electron chi connectivity index (χ4n) is 2.91. The Morgan fingerprint density at radius 1 is 1.03 bits per heavy atom. The number of benzene rings is 3. The zero-order chi connectivity index (χ0) is 20.2. The number of rotatable bonds is 6. The molecule has 0 saturated carbocycles. The van der Waals surface area contributed by atoms with Gasteiger partial charge in [-0.05, 0) is 48.9 Å². The van der Waals surface area contributed by atoms with E-state index >= 15 is 0 Å². The van der Waals surface area contributed by atoms with Crippen molar-refractivity contribution in [1.29, 1.82) is 0 Å². The summed E-state index contributed by atoms with van der Waals surface area (Å²) < 4.78 is 7.30. The van der Waals surface area contributed by atoms with Gasteiger partial charge in [-0.3, -0.25) is 9.36 Å². The topological polar surface area (TPSA) is 44.1 Å². The standard InChI is InChI=1S/C23H19ClN2O2S/c1-16-6-8-17(9-7-16)15-29-23-25-20-4-2-3-5-21(20)26(23)22(27)14-28-19-12-10-18(24)11-13-19/h2-13H,14-15H2,1H3. The highest BCUT2D eigenvalue weighted by Gasteiger charge is 2.18. The minimum absolute atomic E-state index is 0.0833. The molecule has 0 aliphatic heterocycles. The SMILES string of the molecule is Cc1ccc(CSc2nc3ccccc3n2C(=O)COc2ccc(Cl)cc2)cc1. The number of thioether (sulfide) groups is 1. The predicted octanol–water partition coefficient (Wildman–Crippen LogP) is 6.01. The maximum absolute atomic E-state index is 13.0. The van der Waals surface area contributed by atoms with Gasteiger partial charge in [-0.1, -0.05) is 65.3 Å². The van der Waals surface area contributed by atoms with Gasteiger partial charge in [0.1, 0.15) is 5.75 Å². The van der Waals surface area contributed by atoms with Crippen molar-refractivity contribution in [2.45, 2.75) is 17.8 Å². The second-order valence-corrected chi connectivity index (χ2v) is 8.01. The van der Waals surface area contributed by atoms with Crippen LogP contribution in [0.3, 0.4) is 0 Å². The van der Waals surface area contributed by atoms with E-state index in [-0.39, 0.29) is 12.5 Å². The largest absolute Gasteiger partial charge is 0.484 e. The highest BCUT2D eigenvalue weighted by molar-refractivity contribution is 7.98. The van der Waals surface area contributed by atoms with Crippen LogP contribution in [0.1, 0.15) is 15.9 Å². The van der Waals surface area contributed by atoms with E-state index < -0.39 is 0 Å². The molecule has 0 saturated heterocycles. The first-order chi connectivity index (χ1) is 14.1. The molecule has 0 atom stereocenters. The van der Waals surface area contributed by atoms with Crippen LogP contribution in [0.15, 0.2) is 78.0 Å². The first-order valence-electron chi connectivity index (χ1n) is 9.17. The maximum Gasteiger partial charge on any atom is 0.271 e. The lowest BCUT2D eigenvalue weighted by molar-refractivity contribution is 0.0832. The number of aromatic nitrogens is 2. The number of para-hydroxylation sites is 2. The first kappa shape index (κ1) is 19.6. The zero-order valence-corrected chi connectivity index (χ0v) is 17.4. The van der Waals surface area contributed by atoms with Crippen LogP contribution in [0.5, 0.6) is 5.75 Å². The van der Waals surface area contributed by atoms with Gasteiger partial charge in [0.2, 0.25) is 0 Å². The fraction of sp³-hybridized carbons (Fsp3) is 0.130. The Bertz CT molecular complexity index is 1140. The Balaban J connectivity index is 1.56. The third-order valence-electron chi connectivity index (χ3n) is 4.44. The van der Waals surface area contributed by atoms with Crippen LogP contribution in [0, 0.1) is 6.92 Å². The average molecular weight is 423 g/mol. The number of carbonyl (C=O) groups is 1. The lowest BCUT2D eigenvalue weighted by Gasteiger charge is -2.09. The molecule has 4 rings (SSSR count). The summed E-state index contributed by atoms with van der Waals surface area (Å²) in [7, 11) is 0. The average Bonchev–Trinajstić information content (AvgIpc) is 3.11. The molecule has 0 amide bonds. The summed E-state index contributed by atoms with van der Waals surface area (Å²) in [5, 5.41) is 1.29. The monoisotopic (exact) mass is 422 g/mol. The molecule has 4 aromatic rings. The van der Waals surface area contributed by atoms with Crippen LogP contribution >= 0.6 is 23.4 Å². The van der Waals surface area contributed by atoms with E-state index in [1.54, 1.807) is 40.6 Å². The highest BCUT2D eigenvalue weighted by Crippen LogP contribution is 2.27. The molecule has 0 aliphatic rings. The van der Waals surface area contributed by atoms with E-state index in [4.69, 9.17) is 16.3 Å². The summed E-state index contributed by atoms with van der Waals surface area (Å²) in [4.78, 5) is 17.7. The van der Waals surface area contributed by atoms with Crippen LogP contribution in [0.2, 0.25) is 5.02 Å². The number of nitrogens with zero attached hydrogens (tertiary/aromatic N) is 2. The fourth-order valence-corrected chi connectivity index (χ4v) is 4.02. The molecule has 29 heavy (non-hydrogen) atoms. The third kappa shape index (κ3) is 4.63. The van der Waals surface area contributed by atoms with Gasteiger partial charge in [-0.25, -0.2) is 4.98 Å². The third-order valence-corrected chi connectivity index (χ3v) is 5.71. The second kappa shape index (κ2) is 8.72. The molecular weight excluding hydrogens is 404 g/mol. The van der Waals surface area contributed by atoms with Gasteiger partial charge in [0, 0.05) is 10.8 Å². The Morgan fingerprint density at radius 3 is 2.52 bits per heavy atom. The molecule has 6 heteroatoms. The number of imidazole rings is 1. The van der Waals surface area contributed by atoms with Crippen molar-refractivity contribution in [2.75, 3.05) is 6.61 Å². The highest BCUT2D eigenvalue weighted by atomic mass is 35.5. The van der Waals surface area contributed by atoms with Crippen molar-refractivity contribution in [3.63, 3.8) is 0 Å². The number of hydrogen-bond donors (Lipinski definition) is 0. The van der Waals surface area contributed by atoms with Crippen molar-refractivity contribution in [2.24, 2.45) is 0 Å². The number of ether oxygens (including phenoxy) is 1. The summed E-state index contributed by atoms with van der Waals surface area (Å²) in [5.41, 5.74) is 3.98. The number of carbonyl (C=O) groups excluding carboxylic acids is 1. The lowest BCUT2D eigenvalue weighted by Crippen LogP contribution is -2.20. The van der Waals surface area contributed by atoms with Gasteiger partial charge in [-0.15, -0.1) is 0 Å². The molecule has 0 radical (unpaired) electrons. The van der Waals surface area contributed by atoms with Gasteiger partial charge in [0.25, 0.3) is 5.91 Å². The summed E-state index contributed by atoms with van der Waals surface area (Å²) in [6, 6.07) is 23.0. The molecule has 3 aromatic carbocycles. The molecule has 4 nitrogen and oxygen atoms in total. The van der Waals surface area contributed by atoms with Crippen LogP contribution in [0.4, 0.5) is 0 Å². The summed E-state index contributed by atoms with van der Waals surface area (Å²) in [5.74, 6) is 1.16. The van der Waals surface area contributed by atoms with Gasteiger partial charge < -0.3 is 4.74 Å². The molecule has 0 bridgehead atoms. The first-order valence-corrected chi connectivity index (χ1v) is 10.5. The van der Waals surface area contributed by atoms with Gasteiger partial charge in [-0.2, -0.15) is 0 Å². The Morgan fingerprint density at radius 2 is 1.76 bits per heavy atom. The number of fused-ring (bicyclic) bond motifs is 1. The zero-order valence-electron chi connectivity index (χ0n) is 15.8. The van der Waals surface area contributed by atoms with E-state index in [9.17, 15) is 4.79 Å². The quantitative estimate of drug-likeness (QED) is 0.357. The minimum atomic E-state index is -0.167. The van der Waals surface area contributed by atoms with Crippen molar-refractivity contribution < 1.29 is 9.53 Å². The number of halogens is 1. The minimum Gasteiger partial charge on any atom is -0.484 e. The summed E-state index contributed by atoms with van der Waals surface area (Å²) in [6.45, 7) is 1.98. The Hall–Kier alpha value is -2.76. The molecular formula is C23H19ClN2O2S. The lowest BCUT2D eigenvalue weighted by atomic mass is 10.2. The van der Waals surface area contributed by atoms with Gasteiger partial charge >= 0.3 is 0 Å². The number of aryl methyl sites for hydroxylation is 1. The Labute approximate surface area is 178 Å². The van der Waals surface area contributed by atoms with Crippen molar-refractivity contribution in [3.05, 3.63) is 88.9 Å². The second-order valence-electron chi connectivity index (χ2n) is 6.63. The Kier molecular flexibility index (Phi) is 5.88. The molecule has 0 aliphatic carbocycles. The molecule has 146 valence electrons. The molecule has 0 unspecified atom stereocenters. The maximum atomic E-state index is 13.0. The molecule has 1 aromatic heterocycles. The van der Waals surface area contributed by atoms with E-state index in [0.717, 1.165) is 16.8 Å².